The van der Waals surface area contributed by atoms with Gasteiger partial charge in [0.1, 0.15) is 17.3 Å². The van der Waals surface area contributed by atoms with Crippen molar-refractivity contribution in [1.82, 2.24) is 10.2 Å². The predicted molar refractivity (Wildman–Crippen MR) is 79.2 cm³/mol. The Hall–Kier alpha value is -2.17. The van der Waals surface area contributed by atoms with Gasteiger partial charge < -0.3 is 15.2 Å². The molecule has 0 amide bonds. The Morgan fingerprint density at radius 1 is 1.15 bits per heavy atom. The van der Waals surface area contributed by atoms with Crippen molar-refractivity contribution in [3.05, 3.63) is 35.5 Å². The van der Waals surface area contributed by atoms with E-state index in [1.807, 2.05) is 38.1 Å². The number of hydrogen-bond donors (Lipinski definition) is 2. The lowest BCUT2D eigenvalue weighted by Gasteiger charge is -2.13. The quantitative estimate of drug-likeness (QED) is 0.849. The highest BCUT2D eigenvalue weighted by Crippen LogP contribution is 2.24. The minimum atomic E-state index is 0.141. The molecular weight excluding hydrogens is 254 g/mol. The van der Waals surface area contributed by atoms with Crippen molar-refractivity contribution < 1.29 is 9.47 Å². The van der Waals surface area contributed by atoms with Gasteiger partial charge >= 0.3 is 0 Å². The molecule has 0 aliphatic heterocycles. The molecule has 2 rings (SSSR count). The summed E-state index contributed by atoms with van der Waals surface area (Å²) in [5, 5.41) is 6.84. The third-order valence-corrected chi connectivity index (χ3v) is 2.88. The number of nitrogens with two attached hydrogens (primary N) is 1. The van der Waals surface area contributed by atoms with Crippen LogP contribution in [0.2, 0.25) is 0 Å². The molecule has 20 heavy (non-hydrogen) atoms. The van der Waals surface area contributed by atoms with Crippen LogP contribution >= 0.6 is 0 Å². The van der Waals surface area contributed by atoms with Crippen LogP contribution in [0, 0.1) is 0 Å². The Morgan fingerprint density at radius 3 is 2.50 bits per heavy atom. The lowest BCUT2D eigenvalue weighted by molar-refractivity contribution is 0.241. The molecule has 3 N–H and O–H groups in total. The summed E-state index contributed by atoms with van der Waals surface area (Å²) < 4.78 is 11.0. The van der Waals surface area contributed by atoms with Gasteiger partial charge in [0.15, 0.2) is 0 Å². The molecule has 0 saturated carbocycles. The Labute approximate surface area is 119 Å². The summed E-state index contributed by atoms with van der Waals surface area (Å²) in [5.74, 6) is 2.16. The Morgan fingerprint density at radius 2 is 1.90 bits per heavy atom. The number of rotatable bonds is 6. The topological polar surface area (TPSA) is 73.2 Å². The van der Waals surface area contributed by atoms with Crippen LogP contribution in [0.3, 0.4) is 0 Å². The van der Waals surface area contributed by atoms with Gasteiger partial charge in [-0.1, -0.05) is 0 Å². The normalized spacial score (nSPS) is 10.8. The predicted octanol–water partition coefficient (Wildman–Crippen LogP) is 2.57. The molecule has 0 aliphatic rings. The van der Waals surface area contributed by atoms with Gasteiger partial charge in [-0.15, -0.1) is 0 Å². The van der Waals surface area contributed by atoms with Gasteiger partial charge in [-0.25, -0.2) is 0 Å². The Balaban J connectivity index is 2.09. The number of aromatic amines is 1. The molecule has 0 bridgehead atoms. The van der Waals surface area contributed by atoms with Crippen molar-refractivity contribution >= 4 is 5.82 Å². The molecule has 2 aromatic rings. The molecule has 0 saturated heterocycles. The molecular formula is C15H21N3O2. The smallest absolute Gasteiger partial charge is 0.145 e. The van der Waals surface area contributed by atoms with E-state index in [0.717, 1.165) is 35.6 Å². The summed E-state index contributed by atoms with van der Waals surface area (Å²) in [7, 11) is 1.66. The van der Waals surface area contributed by atoms with E-state index in [4.69, 9.17) is 15.2 Å². The lowest BCUT2D eigenvalue weighted by atomic mass is 10.1. The molecule has 0 aliphatic carbocycles. The number of hydrogen-bond acceptors (Lipinski definition) is 4. The second-order valence-corrected chi connectivity index (χ2v) is 5.00. The van der Waals surface area contributed by atoms with Gasteiger partial charge in [0.05, 0.1) is 13.2 Å². The van der Waals surface area contributed by atoms with Gasteiger partial charge in [0, 0.05) is 17.8 Å². The Kier molecular flexibility index (Phi) is 4.50. The molecule has 0 unspecified atom stereocenters. The molecule has 0 spiro atoms. The maximum atomic E-state index is 5.73. The molecule has 5 heteroatoms. The van der Waals surface area contributed by atoms with Crippen molar-refractivity contribution in [2.75, 3.05) is 12.8 Å². The lowest BCUT2D eigenvalue weighted by Crippen LogP contribution is -2.06. The van der Waals surface area contributed by atoms with Crippen LogP contribution in [0.4, 0.5) is 5.82 Å². The van der Waals surface area contributed by atoms with Crippen LogP contribution in [0.1, 0.15) is 25.1 Å². The highest BCUT2D eigenvalue weighted by atomic mass is 16.5. The van der Waals surface area contributed by atoms with E-state index in [1.165, 1.54) is 0 Å². The first-order valence-corrected chi connectivity index (χ1v) is 6.71. The molecule has 0 atom stereocenters. The first-order valence-electron chi connectivity index (χ1n) is 6.71. The van der Waals surface area contributed by atoms with Gasteiger partial charge in [-0.05, 0) is 44.4 Å². The summed E-state index contributed by atoms with van der Waals surface area (Å²) in [4.78, 5) is 0. The molecule has 1 aromatic carbocycles. The highest BCUT2D eigenvalue weighted by molar-refractivity contribution is 5.39. The molecule has 108 valence electrons. The van der Waals surface area contributed by atoms with Crippen molar-refractivity contribution in [1.29, 1.82) is 0 Å². The van der Waals surface area contributed by atoms with E-state index >= 15 is 0 Å². The molecule has 1 heterocycles. The zero-order valence-electron chi connectivity index (χ0n) is 12.1. The molecule has 0 radical (unpaired) electrons. The number of H-pyrrole nitrogens is 1. The largest absolute Gasteiger partial charge is 0.497 e. The first-order chi connectivity index (χ1) is 9.56. The number of aromatic nitrogens is 2. The average molecular weight is 275 g/mol. The number of nitrogens with zero attached hydrogens (tertiary/aromatic N) is 1. The van der Waals surface area contributed by atoms with Crippen LogP contribution in [-0.4, -0.2) is 23.4 Å². The fraction of sp³-hybridized carbons (Fsp3) is 0.400. The van der Waals surface area contributed by atoms with Crippen molar-refractivity contribution in [2.45, 2.75) is 32.8 Å². The third kappa shape index (κ3) is 3.91. The average Bonchev–Trinajstić information content (AvgIpc) is 2.81. The summed E-state index contributed by atoms with van der Waals surface area (Å²) >= 11 is 0. The zero-order valence-corrected chi connectivity index (χ0v) is 12.1. The standard InChI is InChI=1S/C15H21N3O2/c1-10(2)20-14-7-11(6-13(9-14)19-3)4-5-12-8-15(16)18-17-12/h6-10H,4-5H2,1-3H3,(H3,16,17,18). The monoisotopic (exact) mass is 275 g/mol. The van der Waals surface area contributed by atoms with E-state index in [-0.39, 0.29) is 6.10 Å². The second-order valence-electron chi connectivity index (χ2n) is 5.00. The minimum Gasteiger partial charge on any atom is -0.497 e. The van der Waals surface area contributed by atoms with Gasteiger partial charge in [-0.3, -0.25) is 5.10 Å². The van der Waals surface area contributed by atoms with Crippen LogP contribution in [0.5, 0.6) is 11.5 Å². The van der Waals surface area contributed by atoms with Crippen LogP contribution in [0.15, 0.2) is 24.3 Å². The van der Waals surface area contributed by atoms with E-state index in [1.54, 1.807) is 7.11 Å². The number of benzene rings is 1. The maximum absolute atomic E-state index is 5.73. The van der Waals surface area contributed by atoms with Gasteiger partial charge in [0.25, 0.3) is 0 Å². The number of aryl methyl sites for hydroxylation is 2. The summed E-state index contributed by atoms with van der Waals surface area (Å²) in [6.07, 6.45) is 1.86. The number of ether oxygens (including phenoxy) is 2. The van der Waals surface area contributed by atoms with Crippen LogP contribution in [-0.2, 0) is 12.8 Å². The number of nitrogens with one attached hydrogen (secondary N) is 1. The molecule has 1 aromatic heterocycles. The Bertz CT molecular complexity index is 564. The van der Waals surface area contributed by atoms with E-state index in [2.05, 4.69) is 10.2 Å². The van der Waals surface area contributed by atoms with Crippen molar-refractivity contribution in [3.8, 4) is 11.5 Å². The SMILES string of the molecule is COc1cc(CCc2cc(N)n[nH]2)cc(OC(C)C)c1. The van der Waals surface area contributed by atoms with Crippen molar-refractivity contribution in [2.24, 2.45) is 0 Å². The van der Waals surface area contributed by atoms with E-state index in [0.29, 0.717) is 5.82 Å². The minimum absolute atomic E-state index is 0.141. The van der Waals surface area contributed by atoms with E-state index < -0.39 is 0 Å². The molecule has 5 nitrogen and oxygen atoms in total. The van der Waals surface area contributed by atoms with Crippen LogP contribution < -0.4 is 15.2 Å². The van der Waals surface area contributed by atoms with Gasteiger partial charge in [-0.2, -0.15) is 5.10 Å². The number of anilines is 1. The van der Waals surface area contributed by atoms with E-state index in [9.17, 15) is 0 Å². The third-order valence-electron chi connectivity index (χ3n) is 2.88. The maximum Gasteiger partial charge on any atom is 0.145 e. The number of methoxy groups -OCH3 is 1. The number of nitrogen functional groups attached to an aromatic ring is 1. The van der Waals surface area contributed by atoms with Crippen LogP contribution in [0.25, 0.3) is 0 Å². The summed E-state index contributed by atoms with van der Waals surface area (Å²) in [5.41, 5.74) is 7.77. The molecule has 0 fully saturated rings. The van der Waals surface area contributed by atoms with Gasteiger partial charge in [0.2, 0.25) is 0 Å². The summed E-state index contributed by atoms with van der Waals surface area (Å²) in [6.45, 7) is 4.01. The zero-order chi connectivity index (χ0) is 14.5. The fourth-order valence-electron chi connectivity index (χ4n) is 2.02. The first kappa shape index (κ1) is 14.2. The summed E-state index contributed by atoms with van der Waals surface area (Å²) in [6, 6.07) is 7.82. The van der Waals surface area contributed by atoms with Crippen molar-refractivity contribution in [3.63, 3.8) is 0 Å². The second kappa shape index (κ2) is 6.32. The fourth-order valence-corrected chi connectivity index (χ4v) is 2.02. The highest BCUT2D eigenvalue weighted by Gasteiger charge is 2.06.